The number of rotatable bonds is 4. The average Bonchev–Trinajstić information content (AvgIpc) is 3.27. The minimum absolute atomic E-state index is 0.167. The van der Waals surface area contributed by atoms with Gasteiger partial charge in [0.2, 0.25) is 0 Å². The number of carbonyl (C=O) groups excluding carboxylic acids is 1. The molecule has 4 rings (SSSR count). The molecule has 2 aromatic heterocycles. The Labute approximate surface area is 152 Å². The van der Waals surface area contributed by atoms with Crippen molar-refractivity contribution < 1.29 is 9.21 Å². The van der Waals surface area contributed by atoms with Crippen LogP contribution in [0.3, 0.4) is 0 Å². The van der Waals surface area contributed by atoms with E-state index in [2.05, 4.69) is 20.9 Å². The molecular weight excluding hydrogens is 384 g/mol. The van der Waals surface area contributed by atoms with Gasteiger partial charge in [0.15, 0.2) is 5.43 Å². The second kappa shape index (κ2) is 6.19. The molecule has 1 aromatic carbocycles. The summed E-state index contributed by atoms with van der Waals surface area (Å²) in [7, 11) is 0. The van der Waals surface area contributed by atoms with E-state index in [1.165, 1.54) is 6.07 Å². The Morgan fingerprint density at radius 3 is 2.80 bits per heavy atom. The first kappa shape index (κ1) is 16.1. The fourth-order valence-corrected chi connectivity index (χ4v) is 3.51. The molecule has 128 valence electrons. The van der Waals surface area contributed by atoms with Crippen LogP contribution in [0.25, 0.3) is 10.9 Å². The molecular formula is C19H17BrN2O3. The number of aromatic amines is 1. The van der Waals surface area contributed by atoms with Crippen LogP contribution < -0.4 is 5.43 Å². The molecule has 1 N–H and O–H groups in total. The van der Waals surface area contributed by atoms with Crippen molar-refractivity contribution in [2.45, 2.75) is 31.8 Å². The predicted octanol–water partition coefficient (Wildman–Crippen LogP) is 4.25. The van der Waals surface area contributed by atoms with Gasteiger partial charge in [0.25, 0.3) is 5.91 Å². The number of aromatic nitrogens is 1. The smallest absolute Gasteiger partial charge is 0.271 e. The lowest BCUT2D eigenvalue weighted by atomic mass is 10.1. The topological polar surface area (TPSA) is 66.3 Å². The van der Waals surface area contributed by atoms with Crippen LogP contribution in [-0.4, -0.2) is 21.8 Å². The highest BCUT2D eigenvalue weighted by molar-refractivity contribution is 9.10. The lowest BCUT2D eigenvalue weighted by Crippen LogP contribution is -2.36. The van der Waals surface area contributed by atoms with E-state index < -0.39 is 0 Å². The monoisotopic (exact) mass is 400 g/mol. The summed E-state index contributed by atoms with van der Waals surface area (Å²) in [4.78, 5) is 30.5. The Morgan fingerprint density at radius 2 is 2.12 bits per heavy atom. The summed E-state index contributed by atoms with van der Waals surface area (Å²) in [5.74, 6) is 0.570. The number of pyridine rings is 1. The first-order valence-electron chi connectivity index (χ1n) is 8.23. The van der Waals surface area contributed by atoms with E-state index in [1.54, 1.807) is 18.4 Å². The molecule has 1 unspecified atom stereocenters. The molecule has 1 amide bonds. The van der Waals surface area contributed by atoms with E-state index in [1.807, 2.05) is 30.0 Å². The van der Waals surface area contributed by atoms with Crippen molar-refractivity contribution in [3.8, 4) is 0 Å². The highest BCUT2D eigenvalue weighted by Crippen LogP contribution is 2.35. The average molecular weight is 401 g/mol. The van der Waals surface area contributed by atoms with Gasteiger partial charge in [-0.15, -0.1) is 0 Å². The van der Waals surface area contributed by atoms with Gasteiger partial charge in [0.05, 0.1) is 12.3 Å². The SMILES string of the molecule is CC(c1ccco1)N(C(=O)c1cc(=O)c2cc(Br)ccc2[nH]1)C1CC1. The van der Waals surface area contributed by atoms with Crippen LogP contribution in [0.5, 0.6) is 0 Å². The predicted molar refractivity (Wildman–Crippen MR) is 98.6 cm³/mol. The summed E-state index contributed by atoms with van der Waals surface area (Å²) in [6, 6.07) is 10.5. The van der Waals surface area contributed by atoms with Crippen molar-refractivity contribution in [3.63, 3.8) is 0 Å². The lowest BCUT2D eigenvalue weighted by molar-refractivity contribution is 0.0647. The van der Waals surface area contributed by atoms with Crippen LogP contribution in [0.1, 0.15) is 42.1 Å². The highest BCUT2D eigenvalue weighted by Gasteiger charge is 2.38. The van der Waals surface area contributed by atoms with Gasteiger partial charge in [-0.25, -0.2) is 0 Å². The lowest BCUT2D eigenvalue weighted by Gasteiger charge is -2.28. The maximum absolute atomic E-state index is 13.1. The third-order valence-electron chi connectivity index (χ3n) is 4.57. The molecule has 1 aliphatic carbocycles. The molecule has 0 spiro atoms. The van der Waals surface area contributed by atoms with E-state index in [-0.39, 0.29) is 23.4 Å². The zero-order chi connectivity index (χ0) is 17.6. The van der Waals surface area contributed by atoms with Crippen molar-refractivity contribution in [3.05, 3.63) is 68.8 Å². The molecule has 0 radical (unpaired) electrons. The number of furan rings is 1. The number of fused-ring (bicyclic) bond motifs is 1. The summed E-state index contributed by atoms with van der Waals surface area (Å²) in [5, 5.41) is 0.558. The zero-order valence-corrected chi connectivity index (χ0v) is 15.2. The van der Waals surface area contributed by atoms with E-state index >= 15 is 0 Å². The van der Waals surface area contributed by atoms with Crippen molar-refractivity contribution in [2.24, 2.45) is 0 Å². The Balaban J connectivity index is 1.74. The van der Waals surface area contributed by atoms with Crippen LogP contribution >= 0.6 is 15.9 Å². The first-order chi connectivity index (χ1) is 12.0. The highest BCUT2D eigenvalue weighted by atomic mass is 79.9. The molecule has 1 saturated carbocycles. The molecule has 1 aliphatic rings. The Bertz CT molecular complexity index is 990. The van der Waals surface area contributed by atoms with Crippen molar-refractivity contribution in [2.75, 3.05) is 0 Å². The Kier molecular flexibility index (Phi) is 4.00. The third-order valence-corrected chi connectivity index (χ3v) is 5.06. The van der Waals surface area contributed by atoms with Gasteiger partial charge in [0, 0.05) is 27.5 Å². The van der Waals surface area contributed by atoms with Crippen LogP contribution in [0, 0.1) is 0 Å². The van der Waals surface area contributed by atoms with Crippen LogP contribution in [0.4, 0.5) is 0 Å². The summed E-state index contributed by atoms with van der Waals surface area (Å²) in [6.07, 6.45) is 3.56. The van der Waals surface area contributed by atoms with Gasteiger partial charge in [-0.05, 0) is 50.1 Å². The van der Waals surface area contributed by atoms with Gasteiger partial charge >= 0.3 is 0 Å². The molecule has 0 saturated heterocycles. The largest absolute Gasteiger partial charge is 0.467 e. The van der Waals surface area contributed by atoms with E-state index in [4.69, 9.17) is 4.42 Å². The van der Waals surface area contributed by atoms with Gasteiger partial charge in [-0.3, -0.25) is 9.59 Å². The number of carbonyl (C=O) groups is 1. The van der Waals surface area contributed by atoms with E-state index in [0.717, 1.165) is 23.1 Å². The molecule has 2 heterocycles. The molecule has 5 nitrogen and oxygen atoms in total. The zero-order valence-electron chi connectivity index (χ0n) is 13.7. The summed E-state index contributed by atoms with van der Waals surface area (Å²) in [6.45, 7) is 1.95. The van der Waals surface area contributed by atoms with Gasteiger partial charge in [0.1, 0.15) is 11.5 Å². The first-order valence-corrected chi connectivity index (χ1v) is 9.02. The van der Waals surface area contributed by atoms with E-state index in [0.29, 0.717) is 16.6 Å². The number of benzene rings is 1. The maximum atomic E-state index is 13.1. The van der Waals surface area contributed by atoms with Crippen molar-refractivity contribution in [1.82, 2.24) is 9.88 Å². The summed E-state index contributed by atoms with van der Waals surface area (Å²) < 4.78 is 6.31. The fraction of sp³-hybridized carbons (Fsp3) is 0.263. The number of halogens is 1. The molecule has 1 fully saturated rings. The summed E-state index contributed by atoms with van der Waals surface area (Å²) >= 11 is 3.37. The van der Waals surface area contributed by atoms with Crippen LogP contribution in [0.2, 0.25) is 0 Å². The number of H-pyrrole nitrogens is 1. The normalized spacial score (nSPS) is 15.3. The van der Waals surface area contributed by atoms with Crippen molar-refractivity contribution in [1.29, 1.82) is 0 Å². The Hall–Kier alpha value is -2.34. The molecule has 6 heteroatoms. The Morgan fingerprint density at radius 1 is 1.32 bits per heavy atom. The number of nitrogens with zero attached hydrogens (tertiary/aromatic N) is 1. The fourth-order valence-electron chi connectivity index (χ4n) is 3.15. The van der Waals surface area contributed by atoms with Crippen LogP contribution in [-0.2, 0) is 0 Å². The second-order valence-electron chi connectivity index (χ2n) is 6.37. The van der Waals surface area contributed by atoms with Gasteiger partial charge < -0.3 is 14.3 Å². The van der Waals surface area contributed by atoms with Crippen molar-refractivity contribution >= 4 is 32.7 Å². The molecule has 0 bridgehead atoms. The summed E-state index contributed by atoms with van der Waals surface area (Å²) in [5.41, 5.74) is 0.797. The third kappa shape index (κ3) is 3.02. The molecule has 3 aromatic rings. The minimum atomic E-state index is -0.181. The van der Waals surface area contributed by atoms with Gasteiger partial charge in [-0.2, -0.15) is 0 Å². The van der Waals surface area contributed by atoms with Gasteiger partial charge in [-0.1, -0.05) is 15.9 Å². The quantitative estimate of drug-likeness (QED) is 0.711. The maximum Gasteiger partial charge on any atom is 0.271 e. The molecule has 25 heavy (non-hydrogen) atoms. The molecule has 0 aliphatic heterocycles. The standard InChI is InChI=1S/C19H17BrN2O3/c1-11(18-3-2-8-25-18)22(13-5-6-13)19(24)16-10-17(23)14-9-12(20)4-7-15(14)21-16/h2-4,7-11,13H,5-6H2,1H3,(H,21,23). The molecule has 1 atom stereocenters. The minimum Gasteiger partial charge on any atom is -0.467 e. The van der Waals surface area contributed by atoms with Crippen LogP contribution in [0.15, 0.2) is 56.3 Å². The number of hydrogen-bond acceptors (Lipinski definition) is 3. The van der Waals surface area contributed by atoms with E-state index in [9.17, 15) is 9.59 Å². The number of hydrogen-bond donors (Lipinski definition) is 1. The number of amides is 1. The second-order valence-corrected chi connectivity index (χ2v) is 7.29. The number of nitrogens with one attached hydrogen (secondary N) is 1.